The van der Waals surface area contributed by atoms with Gasteiger partial charge in [0.2, 0.25) is 5.91 Å². The molecule has 110 valence electrons. The van der Waals surface area contributed by atoms with E-state index in [1.54, 1.807) is 0 Å². The fourth-order valence-electron chi connectivity index (χ4n) is 3.25. The highest BCUT2D eigenvalue weighted by atomic mass is 16.2. The number of fused-ring (bicyclic) bond motifs is 1. The minimum Gasteiger partial charge on any atom is -0.335 e. The number of imidazole rings is 1. The smallest absolute Gasteiger partial charge is 0.223 e. The maximum absolute atomic E-state index is 12.3. The Morgan fingerprint density at radius 2 is 2.10 bits per heavy atom. The zero-order valence-corrected chi connectivity index (χ0v) is 12.3. The molecule has 0 unspecified atom stereocenters. The number of rotatable bonds is 4. The second kappa shape index (κ2) is 5.95. The maximum Gasteiger partial charge on any atom is 0.223 e. The molecular formula is C15H24N4O. The molecule has 3 heterocycles. The fourth-order valence-corrected chi connectivity index (χ4v) is 3.25. The van der Waals surface area contributed by atoms with Crippen LogP contribution in [-0.2, 0) is 17.9 Å². The predicted molar refractivity (Wildman–Crippen MR) is 77.1 cm³/mol. The summed E-state index contributed by atoms with van der Waals surface area (Å²) in [5.74, 6) is 0.295. The SMILES string of the molecule is C[C@H](CCC(=O)N1CCn2cncc2C1)N1CCCC1. The van der Waals surface area contributed by atoms with Crippen molar-refractivity contribution in [2.24, 2.45) is 0 Å². The van der Waals surface area contributed by atoms with Crippen molar-refractivity contribution in [2.75, 3.05) is 19.6 Å². The Morgan fingerprint density at radius 1 is 1.30 bits per heavy atom. The standard InChI is InChI=1S/C15H24N4O/c1-13(17-6-2-3-7-17)4-5-15(20)18-8-9-19-12-16-10-14(19)11-18/h10,12-13H,2-9,11H2,1H3/t13-/m1/s1. The first-order chi connectivity index (χ1) is 9.74. The summed E-state index contributed by atoms with van der Waals surface area (Å²) in [6, 6.07) is 0.539. The van der Waals surface area contributed by atoms with Crippen LogP contribution in [0.2, 0.25) is 0 Å². The summed E-state index contributed by atoms with van der Waals surface area (Å²) in [6.45, 7) is 7.08. The number of amides is 1. The Morgan fingerprint density at radius 3 is 2.90 bits per heavy atom. The normalized spacial score (nSPS) is 20.9. The quantitative estimate of drug-likeness (QED) is 0.836. The molecule has 2 aliphatic heterocycles. The van der Waals surface area contributed by atoms with Gasteiger partial charge in [0.05, 0.1) is 18.6 Å². The zero-order valence-electron chi connectivity index (χ0n) is 12.3. The Bertz CT molecular complexity index is 464. The molecule has 1 aromatic rings. The molecule has 0 aliphatic carbocycles. The lowest BCUT2D eigenvalue weighted by atomic mass is 10.1. The van der Waals surface area contributed by atoms with Gasteiger partial charge in [0.1, 0.15) is 0 Å². The lowest BCUT2D eigenvalue weighted by molar-refractivity contribution is -0.133. The molecule has 5 heteroatoms. The maximum atomic E-state index is 12.3. The third kappa shape index (κ3) is 2.87. The van der Waals surface area contributed by atoms with Crippen molar-refractivity contribution < 1.29 is 4.79 Å². The van der Waals surface area contributed by atoms with Crippen LogP contribution in [0.25, 0.3) is 0 Å². The van der Waals surface area contributed by atoms with Crippen LogP contribution in [0.15, 0.2) is 12.5 Å². The molecule has 0 aromatic carbocycles. The van der Waals surface area contributed by atoms with Gasteiger partial charge < -0.3 is 14.4 Å². The first kappa shape index (κ1) is 13.6. The minimum atomic E-state index is 0.295. The van der Waals surface area contributed by atoms with E-state index in [9.17, 15) is 4.79 Å². The topological polar surface area (TPSA) is 41.4 Å². The Hall–Kier alpha value is -1.36. The van der Waals surface area contributed by atoms with Crippen LogP contribution >= 0.6 is 0 Å². The zero-order chi connectivity index (χ0) is 13.9. The van der Waals surface area contributed by atoms with Crippen LogP contribution in [0.3, 0.4) is 0 Å². The van der Waals surface area contributed by atoms with Gasteiger partial charge in [-0.3, -0.25) is 4.79 Å². The van der Waals surface area contributed by atoms with Gasteiger partial charge in [0.25, 0.3) is 0 Å². The molecule has 1 saturated heterocycles. The van der Waals surface area contributed by atoms with Crippen LogP contribution in [-0.4, -0.2) is 50.9 Å². The summed E-state index contributed by atoms with van der Waals surface area (Å²) in [6.07, 6.45) is 8.00. The van der Waals surface area contributed by atoms with E-state index in [1.807, 2.05) is 17.4 Å². The fraction of sp³-hybridized carbons (Fsp3) is 0.733. The third-order valence-corrected chi connectivity index (χ3v) is 4.65. The number of likely N-dealkylation sites (tertiary alicyclic amines) is 1. The molecule has 20 heavy (non-hydrogen) atoms. The highest BCUT2D eigenvalue weighted by molar-refractivity contribution is 5.76. The second-order valence-corrected chi connectivity index (χ2v) is 6.02. The molecule has 1 atom stereocenters. The van der Waals surface area contributed by atoms with E-state index in [0.717, 1.165) is 31.7 Å². The number of nitrogens with zero attached hydrogens (tertiary/aromatic N) is 4. The first-order valence-electron chi connectivity index (χ1n) is 7.75. The van der Waals surface area contributed by atoms with Crippen LogP contribution in [0.5, 0.6) is 0 Å². The number of hydrogen-bond acceptors (Lipinski definition) is 3. The van der Waals surface area contributed by atoms with Gasteiger partial charge in [-0.25, -0.2) is 4.98 Å². The number of hydrogen-bond donors (Lipinski definition) is 0. The molecule has 0 spiro atoms. The van der Waals surface area contributed by atoms with Gasteiger partial charge in [-0.2, -0.15) is 0 Å². The summed E-state index contributed by atoms with van der Waals surface area (Å²) >= 11 is 0. The van der Waals surface area contributed by atoms with Crippen molar-refractivity contribution >= 4 is 5.91 Å². The molecule has 1 aromatic heterocycles. The van der Waals surface area contributed by atoms with Crippen LogP contribution < -0.4 is 0 Å². The molecular weight excluding hydrogens is 252 g/mol. The molecule has 1 fully saturated rings. The van der Waals surface area contributed by atoms with Gasteiger partial charge in [-0.1, -0.05) is 0 Å². The van der Waals surface area contributed by atoms with Crippen molar-refractivity contribution in [3.63, 3.8) is 0 Å². The molecule has 3 rings (SSSR count). The van der Waals surface area contributed by atoms with E-state index >= 15 is 0 Å². The van der Waals surface area contributed by atoms with E-state index in [4.69, 9.17) is 0 Å². The van der Waals surface area contributed by atoms with E-state index in [-0.39, 0.29) is 0 Å². The van der Waals surface area contributed by atoms with E-state index in [1.165, 1.54) is 25.9 Å². The molecule has 0 saturated carbocycles. The second-order valence-electron chi connectivity index (χ2n) is 6.02. The van der Waals surface area contributed by atoms with Crippen molar-refractivity contribution in [1.29, 1.82) is 0 Å². The summed E-state index contributed by atoms with van der Waals surface area (Å²) < 4.78 is 2.14. The van der Waals surface area contributed by atoms with E-state index in [0.29, 0.717) is 18.4 Å². The van der Waals surface area contributed by atoms with Gasteiger partial charge >= 0.3 is 0 Å². The third-order valence-electron chi connectivity index (χ3n) is 4.65. The molecule has 0 radical (unpaired) electrons. The Kier molecular flexibility index (Phi) is 4.05. The average molecular weight is 276 g/mol. The Labute approximate surface area is 120 Å². The van der Waals surface area contributed by atoms with Crippen LogP contribution in [0.4, 0.5) is 0 Å². The predicted octanol–water partition coefficient (Wildman–Crippen LogP) is 1.49. The highest BCUT2D eigenvalue weighted by Crippen LogP contribution is 2.17. The van der Waals surface area contributed by atoms with Crippen molar-refractivity contribution in [2.45, 2.75) is 51.7 Å². The number of carbonyl (C=O) groups is 1. The van der Waals surface area contributed by atoms with Crippen molar-refractivity contribution in [3.8, 4) is 0 Å². The minimum absolute atomic E-state index is 0.295. The molecule has 1 amide bonds. The molecule has 5 nitrogen and oxygen atoms in total. The largest absolute Gasteiger partial charge is 0.335 e. The first-order valence-corrected chi connectivity index (χ1v) is 7.75. The van der Waals surface area contributed by atoms with Gasteiger partial charge in [-0.05, 0) is 39.3 Å². The van der Waals surface area contributed by atoms with Gasteiger partial charge in [0, 0.05) is 31.7 Å². The van der Waals surface area contributed by atoms with E-state index < -0.39 is 0 Å². The average Bonchev–Trinajstić information content (AvgIpc) is 3.13. The number of carbonyl (C=O) groups excluding carboxylic acids is 1. The number of aromatic nitrogens is 2. The van der Waals surface area contributed by atoms with Crippen molar-refractivity contribution in [1.82, 2.24) is 19.4 Å². The summed E-state index contributed by atoms with van der Waals surface area (Å²) in [7, 11) is 0. The lowest BCUT2D eigenvalue weighted by Gasteiger charge is -2.29. The Balaban J connectivity index is 1.47. The summed E-state index contributed by atoms with van der Waals surface area (Å²) in [5, 5.41) is 0. The monoisotopic (exact) mass is 276 g/mol. The van der Waals surface area contributed by atoms with Gasteiger partial charge in [0.15, 0.2) is 0 Å². The summed E-state index contributed by atoms with van der Waals surface area (Å²) in [5.41, 5.74) is 1.15. The summed E-state index contributed by atoms with van der Waals surface area (Å²) in [4.78, 5) is 21.0. The highest BCUT2D eigenvalue weighted by Gasteiger charge is 2.23. The van der Waals surface area contributed by atoms with Crippen molar-refractivity contribution in [3.05, 3.63) is 18.2 Å². The van der Waals surface area contributed by atoms with Gasteiger partial charge in [-0.15, -0.1) is 0 Å². The van der Waals surface area contributed by atoms with Crippen LogP contribution in [0, 0.1) is 0 Å². The van der Waals surface area contributed by atoms with Crippen LogP contribution in [0.1, 0.15) is 38.3 Å². The molecule has 2 aliphatic rings. The van der Waals surface area contributed by atoms with E-state index in [2.05, 4.69) is 21.4 Å². The lowest BCUT2D eigenvalue weighted by Crippen LogP contribution is -2.39. The molecule has 0 bridgehead atoms. The molecule has 0 N–H and O–H groups in total.